The summed E-state index contributed by atoms with van der Waals surface area (Å²) in [5.41, 5.74) is 1.38. The van der Waals surface area contributed by atoms with E-state index in [1.54, 1.807) is 12.1 Å². The monoisotopic (exact) mass is 320 g/mol. The lowest BCUT2D eigenvalue weighted by atomic mass is 9.99. The van der Waals surface area contributed by atoms with Gasteiger partial charge in [0.2, 0.25) is 0 Å². The predicted molar refractivity (Wildman–Crippen MR) is 92.0 cm³/mol. The van der Waals surface area contributed by atoms with Gasteiger partial charge in [0, 0.05) is 30.4 Å². The molecule has 4 heteroatoms. The molecule has 4 nitrogen and oxygen atoms in total. The van der Waals surface area contributed by atoms with Gasteiger partial charge in [-0.3, -0.25) is 9.59 Å². The molecule has 3 rings (SSSR count). The van der Waals surface area contributed by atoms with Gasteiger partial charge in [-0.15, -0.1) is 0 Å². The van der Waals surface area contributed by atoms with E-state index >= 15 is 0 Å². The molecular weight excluding hydrogens is 304 g/mol. The van der Waals surface area contributed by atoms with Crippen molar-refractivity contribution in [3.05, 3.63) is 60.7 Å². The minimum atomic E-state index is -0.405. The van der Waals surface area contributed by atoms with Crippen molar-refractivity contribution in [2.45, 2.75) is 13.8 Å². The Balaban J connectivity index is 2.26. The van der Waals surface area contributed by atoms with Crippen molar-refractivity contribution in [1.82, 2.24) is 0 Å². The van der Waals surface area contributed by atoms with Gasteiger partial charge in [0.25, 0.3) is 0 Å². The Morgan fingerprint density at radius 1 is 0.708 bits per heavy atom. The van der Waals surface area contributed by atoms with Gasteiger partial charge in [0.05, 0.1) is 0 Å². The molecule has 0 fully saturated rings. The van der Waals surface area contributed by atoms with Crippen molar-refractivity contribution in [3.63, 3.8) is 0 Å². The highest BCUT2D eigenvalue weighted by molar-refractivity contribution is 5.98. The van der Waals surface area contributed by atoms with Gasteiger partial charge < -0.3 is 9.47 Å². The van der Waals surface area contributed by atoms with Crippen LogP contribution in [-0.2, 0) is 9.59 Å². The molecule has 0 saturated carbocycles. The van der Waals surface area contributed by atoms with Gasteiger partial charge >= 0.3 is 11.9 Å². The zero-order chi connectivity index (χ0) is 17.1. The fourth-order valence-corrected chi connectivity index (χ4v) is 2.64. The summed E-state index contributed by atoms with van der Waals surface area (Å²) >= 11 is 0. The van der Waals surface area contributed by atoms with Crippen molar-refractivity contribution in [2.75, 3.05) is 0 Å². The molecule has 0 N–H and O–H groups in total. The molecule has 0 aliphatic heterocycles. The van der Waals surface area contributed by atoms with Gasteiger partial charge in [-0.2, -0.15) is 0 Å². The summed E-state index contributed by atoms with van der Waals surface area (Å²) in [4.78, 5) is 23.0. The van der Waals surface area contributed by atoms with Gasteiger partial charge in [-0.25, -0.2) is 0 Å². The first kappa shape index (κ1) is 15.7. The minimum absolute atomic E-state index is 0.405. The van der Waals surface area contributed by atoms with Crippen LogP contribution in [0, 0.1) is 0 Å². The lowest BCUT2D eigenvalue weighted by molar-refractivity contribution is -0.132. The molecule has 0 atom stereocenters. The second-order valence-corrected chi connectivity index (χ2v) is 5.35. The maximum absolute atomic E-state index is 11.6. The summed E-state index contributed by atoms with van der Waals surface area (Å²) in [5.74, 6) is 0.0729. The van der Waals surface area contributed by atoms with Crippen LogP contribution in [0.3, 0.4) is 0 Å². The van der Waals surface area contributed by atoms with Crippen LogP contribution in [0.25, 0.3) is 21.9 Å². The smallest absolute Gasteiger partial charge is 0.308 e. The van der Waals surface area contributed by atoms with Gasteiger partial charge in [0.15, 0.2) is 0 Å². The first-order chi connectivity index (χ1) is 11.6. The molecule has 0 amide bonds. The van der Waals surface area contributed by atoms with Crippen LogP contribution >= 0.6 is 0 Å². The predicted octanol–water partition coefficient (Wildman–Crippen LogP) is 4.36. The van der Waals surface area contributed by atoms with Crippen molar-refractivity contribution in [1.29, 1.82) is 0 Å². The van der Waals surface area contributed by atoms with Crippen molar-refractivity contribution >= 4 is 22.7 Å². The zero-order valence-corrected chi connectivity index (χ0v) is 13.4. The summed E-state index contributed by atoms with van der Waals surface area (Å²) in [7, 11) is 0. The maximum Gasteiger partial charge on any atom is 0.308 e. The Kier molecular flexibility index (Phi) is 4.29. The Labute approximate surface area is 139 Å². The van der Waals surface area contributed by atoms with Gasteiger partial charge in [-0.1, -0.05) is 48.5 Å². The standard InChI is InChI=1S/C20H16O4/c1-13(21)23-19-10-6-5-9-17(19)18-12-11-15-7-3-4-8-16(15)20(18)24-14(2)22/h3-12H,1-2H3. The molecule has 0 aliphatic rings. The fourth-order valence-electron chi connectivity index (χ4n) is 2.64. The number of carbonyl (C=O) groups is 2. The van der Waals surface area contributed by atoms with E-state index in [9.17, 15) is 9.59 Å². The molecule has 3 aromatic rings. The highest BCUT2D eigenvalue weighted by atomic mass is 16.5. The number of fused-ring (bicyclic) bond motifs is 1. The molecule has 0 unspecified atom stereocenters. The third-order valence-corrected chi connectivity index (χ3v) is 3.56. The lowest BCUT2D eigenvalue weighted by Crippen LogP contribution is -2.05. The SMILES string of the molecule is CC(=O)Oc1ccccc1-c1ccc2ccccc2c1OC(C)=O. The van der Waals surface area contributed by atoms with E-state index in [0.29, 0.717) is 22.6 Å². The highest BCUT2D eigenvalue weighted by Gasteiger charge is 2.16. The van der Waals surface area contributed by atoms with E-state index in [4.69, 9.17) is 9.47 Å². The number of ether oxygens (including phenoxy) is 2. The van der Waals surface area contributed by atoms with E-state index < -0.39 is 11.9 Å². The molecule has 3 aromatic carbocycles. The van der Waals surface area contributed by atoms with Crippen LogP contribution in [0.5, 0.6) is 11.5 Å². The van der Waals surface area contributed by atoms with Crippen LogP contribution in [0.15, 0.2) is 60.7 Å². The van der Waals surface area contributed by atoms with Crippen LogP contribution < -0.4 is 9.47 Å². The molecule has 0 radical (unpaired) electrons. The molecule has 24 heavy (non-hydrogen) atoms. The quantitative estimate of drug-likeness (QED) is 0.531. The summed E-state index contributed by atoms with van der Waals surface area (Å²) in [6.07, 6.45) is 0. The number of para-hydroxylation sites is 1. The van der Waals surface area contributed by atoms with Crippen LogP contribution in [0.2, 0.25) is 0 Å². The first-order valence-electron chi connectivity index (χ1n) is 7.54. The molecule has 0 aromatic heterocycles. The molecule has 0 spiro atoms. The second-order valence-electron chi connectivity index (χ2n) is 5.35. The van der Waals surface area contributed by atoms with Gasteiger partial charge in [0.1, 0.15) is 11.5 Å². The van der Waals surface area contributed by atoms with E-state index in [1.165, 1.54) is 13.8 Å². The average molecular weight is 320 g/mol. The molecule has 0 saturated heterocycles. The van der Waals surface area contributed by atoms with Crippen molar-refractivity contribution in [2.24, 2.45) is 0 Å². The molecule has 0 aliphatic carbocycles. The van der Waals surface area contributed by atoms with Crippen molar-refractivity contribution < 1.29 is 19.1 Å². The molecular formula is C20H16O4. The van der Waals surface area contributed by atoms with Crippen LogP contribution in [-0.4, -0.2) is 11.9 Å². The van der Waals surface area contributed by atoms with E-state index in [1.807, 2.05) is 48.5 Å². The molecule has 0 bridgehead atoms. The largest absolute Gasteiger partial charge is 0.426 e. The fraction of sp³-hybridized carbons (Fsp3) is 0.100. The first-order valence-corrected chi connectivity index (χ1v) is 7.54. The number of hydrogen-bond acceptors (Lipinski definition) is 4. The summed E-state index contributed by atoms with van der Waals surface area (Å²) in [6.45, 7) is 2.72. The summed E-state index contributed by atoms with van der Waals surface area (Å²) < 4.78 is 10.8. The third-order valence-electron chi connectivity index (χ3n) is 3.56. The lowest BCUT2D eigenvalue weighted by Gasteiger charge is -2.15. The Morgan fingerprint density at radius 2 is 1.38 bits per heavy atom. The number of hydrogen-bond donors (Lipinski definition) is 0. The van der Waals surface area contributed by atoms with Crippen LogP contribution in [0.4, 0.5) is 0 Å². The second kappa shape index (κ2) is 6.54. The number of esters is 2. The highest BCUT2D eigenvalue weighted by Crippen LogP contribution is 2.40. The molecule has 0 heterocycles. The Bertz CT molecular complexity index is 928. The topological polar surface area (TPSA) is 52.6 Å². The maximum atomic E-state index is 11.6. The Hall–Kier alpha value is -3.14. The third kappa shape index (κ3) is 3.13. The minimum Gasteiger partial charge on any atom is -0.426 e. The normalized spacial score (nSPS) is 10.4. The van der Waals surface area contributed by atoms with Gasteiger partial charge in [-0.05, 0) is 17.5 Å². The van der Waals surface area contributed by atoms with E-state index in [2.05, 4.69) is 0 Å². The zero-order valence-electron chi connectivity index (χ0n) is 13.4. The summed E-state index contributed by atoms with van der Waals surface area (Å²) in [5, 5.41) is 1.78. The average Bonchev–Trinajstić information content (AvgIpc) is 2.55. The van der Waals surface area contributed by atoms with Crippen LogP contribution in [0.1, 0.15) is 13.8 Å². The summed E-state index contributed by atoms with van der Waals surface area (Å²) in [6, 6.07) is 18.6. The molecule has 120 valence electrons. The van der Waals surface area contributed by atoms with E-state index in [-0.39, 0.29) is 0 Å². The number of carbonyl (C=O) groups excluding carboxylic acids is 2. The Morgan fingerprint density at radius 3 is 2.12 bits per heavy atom. The number of benzene rings is 3. The number of rotatable bonds is 3. The van der Waals surface area contributed by atoms with Crippen molar-refractivity contribution in [3.8, 4) is 22.6 Å². The van der Waals surface area contributed by atoms with E-state index in [0.717, 1.165) is 10.8 Å².